The lowest BCUT2D eigenvalue weighted by Crippen LogP contribution is -2.20. The van der Waals surface area contributed by atoms with E-state index in [1.165, 1.54) is 20.3 Å². The van der Waals surface area contributed by atoms with Crippen LogP contribution in [0.25, 0.3) is 0 Å². The van der Waals surface area contributed by atoms with E-state index in [2.05, 4.69) is 0 Å². The van der Waals surface area contributed by atoms with E-state index in [1.54, 1.807) is 0 Å². The van der Waals surface area contributed by atoms with Crippen molar-refractivity contribution in [1.82, 2.24) is 0 Å². The monoisotopic (exact) mass is 270 g/mol. The predicted octanol–water partition coefficient (Wildman–Crippen LogP) is 2.95. The molecule has 0 saturated heterocycles. The second-order valence-corrected chi connectivity index (χ2v) is 3.58. The van der Waals surface area contributed by atoms with Gasteiger partial charge in [-0.1, -0.05) is 11.6 Å². The van der Waals surface area contributed by atoms with Crippen LogP contribution in [0, 0.1) is 0 Å². The van der Waals surface area contributed by atoms with Crippen molar-refractivity contribution in [3.05, 3.63) is 22.7 Å². The van der Waals surface area contributed by atoms with Crippen molar-refractivity contribution >= 4 is 11.6 Å². The number of ether oxygens (including phenoxy) is 2. The van der Waals surface area contributed by atoms with Gasteiger partial charge in [-0.2, -0.15) is 13.2 Å². The second-order valence-electron chi connectivity index (χ2n) is 3.17. The highest BCUT2D eigenvalue weighted by molar-refractivity contribution is 6.32. The molecule has 0 aliphatic rings. The van der Waals surface area contributed by atoms with Crippen LogP contribution in [0.1, 0.15) is 11.7 Å². The van der Waals surface area contributed by atoms with Gasteiger partial charge in [0.15, 0.2) is 6.10 Å². The van der Waals surface area contributed by atoms with Crippen molar-refractivity contribution in [2.24, 2.45) is 0 Å². The lowest BCUT2D eigenvalue weighted by atomic mass is 10.1. The van der Waals surface area contributed by atoms with Crippen LogP contribution in [-0.4, -0.2) is 25.5 Å². The number of aliphatic hydroxyl groups excluding tert-OH is 1. The quantitative estimate of drug-likeness (QED) is 0.918. The van der Waals surface area contributed by atoms with Crippen LogP contribution in [-0.2, 0) is 0 Å². The van der Waals surface area contributed by atoms with Crippen molar-refractivity contribution < 1.29 is 27.8 Å². The van der Waals surface area contributed by atoms with E-state index >= 15 is 0 Å². The summed E-state index contributed by atoms with van der Waals surface area (Å²) in [5.41, 5.74) is -0.453. The fraction of sp³-hybridized carbons (Fsp3) is 0.400. The molecule has 0 heterocycles. The van der Waals surface area contributed by atoms with Gasteiger partial charge in [-0.05, 0) is 6.07 Å². The normalized spacial score (nSPS) is 13.4. The summed E-state index contributed by atoms with van der Waals surface area (Å²) in [6.45, 7) is 0. The smallest absolute Gasteiger partial charge is 0.418 e. The number of alkyl halides is 3. The van der Waals surface area contributed by atoms with Gasteiger partial charge in [0, 0.05) is 11.6 Å². The van der Waals surface area contributed by atoms with Crippen LogP contribution in [0.4, 0.5) is 13.2 Å². The average Bonchev–Trinajstić information content (AvgIpc) is 2.26. The van der Waals surface area contributed by atoms with Crippen LogP contribution in [0.5, 0.6) is 11.5 Å². The summed E-state index contributed by atoms with van der Waals surface area (Å²) in [6, 6.07) is 2.16. The molecule has 0 spiro atoms. The van der Waals surface area contributed by atoms with Crippen molar-refractivity contribution in [2.75, 3.05) is 14.2 Å². The van der Waals surface area contributed by atoms with E-state index in [1.807, 2.05) is 0 Å². The minimum atomic E-state index is -4.79. The molecule has 0 saturated carbocycles. The zero-order valence-corrected chi connectivity index (χ0v) is 9.76. The molecule has 1 rings (SSSR count). The molecule has 0 aliphatic heterocycles. The third-order valence-electron chi connectivity index (χ3n) is 2.11. The number of aliphatic hydroxyl groups is 1. The number of benzene rings is 1. The summed E-state index contributed by atoms with van der Waals surface area (Å²) in [7, 11) is 2.51. The maximum atomic E-state index is 12.4. The molecule has 1 aromatic carbocycles. The van der Waals surface area contributed by atoms with Gasteiger partial charge in [-0.3, -0.25) is 0 Å². The lowest BCUT2D eigenvalue weighted by molar-refractivity contribution is -0.207. The summed E-state index contributed by atoms with van der Waals surface area (Å²) < 4.78 is 46.7. The second kappa shape index (κ2) is 5.01. The topological polar surface area (TPSA) is 38.7 Å². The van der Waals surface area contributed by atoms with Crippen LogP contribution < -0.4 is 9.47 Å². The van der Waals surface area contributed by atoms with E-state index in [9.17, 15) is 13.2 Å². The minimum absolute atomic E-state index is 0.0356. The number of hydrogen-bond acceptors (Lipinski definition) is 3. The van der Waals surface area contributed by atoms with Crippen molar-refractivity contribution in [1.29, 1.82) is 0 Å². The Morgan fingerprint density at radius 3 is 2.12 bits per heavy atom. The van der Waals surface area contributed by atoms with E-state index < -0.39 is 17.8 Å². The molecule has 0 aliphatic carbocycles. The Bertz CT molecular complexity index is 407. The Kier molecular flexibility index (Phi) is 4.11. The van der Waals surface area contributed by atoms with Gasteiger partial charge in [0.1, 0.15) is 11.5 Å². The van der Waals surface area contributed by atoms with E-state index in [-0.39, 0.29) is 16.5 Å². The van der Waals surface area contributed by atoms with Gasteiger partial charge in [0.2, 0.25) is 0 Å². The highest BCUT2D eigenvalue weighted by Crippen LogP contribution is 2.41. The molecule has 17 heavy (non-hydrogen) atoms. The lowest BCUT2D eigenvalue weighted by Gasteiger charge is -2.18. The molecule has 0 bridgehead atoms. The molecule has 0 aromatic heterocycles. The van der Waals surface area contributed by atoms with Crippen molar-refractivity contribution in [3.63, 3.8) is 0 Å². The Morgan fingerprint density at radius 2 is 1.71 bits per heavy atom. The predicted molar refractivity (Wildman–Crippen MR) is 55.6 cm³/mol. The van der Waals surface area contributed by atoms with E-state index in [0.717, 1.165) is 6.07 Å². The van der Waals surface area contributed by atoms with E-state index in [0.29, 0.717) is 0 Å². The summed E-state index contributed by atoms with van der Waals surface area (Å²) in [4.78, 5) is 0. The average molecular weight is 271 g/mol. The fourth-order valence-electron chi connectivity index (χ4n) is 1.27. The molecule has 1 aromatic rings. The number of rotatable bonds is 3. The third kappa shape index (κ3) is 2.95. The summed E-state index contributed by atoms with van der Waals surface area (Å²) in [5.74, 6) is 0.0257. The van der Waals surface area contributed by atoms with Gasteiger partial charge in [-0.25, -0.2) is 0 Å². The third-order valence-corrected chi connectivity index (χ3v) is 2.40. The summed E-state index contributed by atoms with van der Waals surface area (Å²) in [5, 5.41) is 9.12. The molecule has 1 unspecified atom stereocenters. The molecule has 1 atom stereocenters. The Labute approximate surface area is 101 Å². The zero-order chi connectivity index (χ0) is 13.2. The molecule has 0 fully saturated rings. The van der Waals surface area contributed by atoms with Gasteiger partial charge in [0.05, 0.1) is 19.2 Å². The zero-order valence-electron chi connectivity index (χ0n) is 9.01. The first kappa shape index (κ1) is 13.9. The molecule has 3 nitrogen and oxygen atoms in total. The molecule has 96 valence electrons. The Morgan fingerprint density at radius 1 is 1.18 bits per heavy atom. The molecular weight excluding hydrogens is 261 g/mol. The van der Waals surface area contributed by atoms with Crippen LogP contribution in [0.15, 0.2) is 12.1 Å². The summed E-state index contributed by atoms with van der Waals surface area (Å²) >= 11 is 5.69. The van der Waals surface area contributed by atoms with Gasteiger partial charge >= 0.3 is 6.18 Å². The minimum Gasteiger partial charge on any atom is -0.496 e. The Hall–Kier alpha value is -1.14. The summed E-state index contributed by atoms with van der Waals surface area (Å²) in [6.07, 6.45) is -7.44. The van der Waals surface area contributed by atoms with Crippen molar-refractivity contribution in [3.8, 4) is 11.5 Å². The first-order valence-electron chi connectivity index (χ1n) is 4.47. The standard InChI is InChI=1S/C10H10ClF3O3/c1-16-7-4-8(17-2)6(11)3-5(7)9(15)10(12,13)14/h3-4,9,15H,1-2H3. The first-order chi connectivity index (χ1) is 7.81. The molecular formula is C10H10ClF3O3. The van der Waals surface area contributed by atoms with Gasteiger partial charge < -0.3 is 14.6 Å². The highest BCUT2D eigenvalue weighted by Gasteiger charge is 2.41. The molecule has 0 amide bonds. The first-order valence-corrected chi connectivity index (χ1v) is 4.85. The van der Waals surface area contributed by atoms with Gasteiger partial charge in [0.25, 0.3) is 0 Å². The number of hydrogen-bond donors (Lipinski definition) is 1. The van der Waals surface area contributed by atoms with Crippen LogP contribution >= 0.6 is 11.6 Å². The van der Waals surface area contributed by atoms with Gasteiger partial charge in [-0.15, -0.1) is 0 Å². The van der Waals surface area contributed by atoms with Crippen LogP contribution in [0.2, 0.25) is 5.02 Å². The largest absolute Gasteiger partial charge is 0.496 e. The maximum Gasteiger partial charge on any atom is 0.418 e. The molecule has 0 radical (unpaired) electrons. The number of methoxy groups -OCH3 is 2. The Balaban J connectivity index is 3.28. The van der Waals surface area contributed by atoms with Crippen molar-refractivity contribution in [2.45, 2.75) is 12.3 Å². The maximum absolute atomic E-state index is 12.4. The highest BCUT2D eigenvalue weighted by atomic mass is 35.5. The van der Waals surface area contributed by atoms with E-state index in [4.69, 9.17) is 26.2 Å². The SMILES string of the molecule is COc1cc(OC)c(C(O)C(F)(F)F)cc1Cl. The van der Waals surface area contributed by atoms with Crippen LogP contribution in [0.3, 0.4) is 0 Å². The molecule has 1 N–H and O–H groups in total. The fourth-order valence-corrected chi connectivity index (χ4v) is 1.52. The number of halogens is 4. The molecule has 7 heteroatoms.